The third-order valence-corrected chi connectivity index (χ3v) is 2.52. The van der Waals surface area contributed by atoms with Crippen molar-refractivity contribution in [2.75, 3.05) is 11.9 Å². The summed E-state index contributed by atoms with van der Waals surface area (Å²) in [5.41, 5.74) is 1.11. The second kappa shape index (κ2) is 6.46. The number of nitrogens with one attached hydrogen (secondary N) is 1. The SMILES string of the molecule is CCc1cc(NCCCC(C)C)nc(C)n1. The fourth-order valence-electron chi connectivity index (χ4n) is 1.63. The zero-order chi connectivity index (χ0) is 12.0. The lowest BCUT2D eigenvalue weighted by Gasteiger charge is -2.08. The van der Waals surface area contributed by atoms with Crippen LogP contribution in [0.15, 0.2) is 6.07 Å². The zero-order valence-corrected chi connectivity index (χ0v) is 10.9. The Kier molecular flexibility index (Phi) is 5.23. The van der Waals surface area contributed by atoms with E-state index in [0.717, 1.165) is 36.2 Å². The van der Waals surface area contributed by atoms with Gasteiger partial charge in [0.1, 0.15) is 11.6 Å². The first kappa shape index (κ1) is 12.9. The predicted octanol–water partition coefficient (Wildman–Crippen LogP) is 3.20. The smallest absolute Gasteiger partial charge is 0.129 e. The lowest BCUT2D eigenvalue weighted by molar-refractivity contribution is 0.566. The topological polar surface area (TPSA) is 37.8 Å². The van der Waals surface area contributed by atoms with E-state index in [-0.39, 0.29) is 0 Å². The van der Waals surface area contributed by atoms with E-state index in [9.17, 15) is 0 Å². The molecule has 0 aliphatic heterocycles. The maximum atomic E-state index is 4.38. The number of rotatable bonds is 6. The van der Waals surface area contributed by atoms with E-state index in [1.165, 1.54) is 12.8 Å². The van der Waals surface area contributed by atoms with Crippen molar-refractivity contribution >= 4 is 5.82 Å². The molecule has 3 heteroatoms. The molecule has 0 aromatic carbocycles. The third-order valence-electron chi connectivity index (χ3n) is 2.52. The molecule has 3 nitrogen and oxygen atoms in total. The monoisotopic (exact) mass is 221 g/mol. The lowest BCUT2D eigenvalue weighted by Crippen LogP contribution is -2.07. The second-order valence-electron chi connectivity index (χ2n) is 4.61. The van der Waals surface area contributed by atoms with Crippen LogP contribution in [-0.2, 0) is 6.42 Å². The fourth-order valence-corrected chi connectivity index (χ4v) is 1.63. The maximum absolute atomic E-state index is 4.38. The first-order valence-electron chi connectivity index (χ1n) is 6.20. The summed E-state index contributed by atoms with van der Waals surface area (Å²) >= 11 is 0. The van der Waals surface area contributed by atoms with Gasteiger partial charge in [-0.2, -0.15) is 0 Å². The summed E-state index contributed by atoms with van der Waals surface area (Å²) in [6.07, 6.45) is 3.42. The van der Waals surface area contributed by atoms with E-state index in [2.05, 4.69) is 36.1 Å². The minimum atomic E-state index is 0.778. The summed E-state index contributed by atoms with van der Waals surface area (Å²) in [5, 5.41) is 3.36. The molecule has 0 amide bonds. The Balaban J connectivity index is 2.44. The van der Waals surface area contributed by atoms with Crippen molar-refractivity contribution < 1.29 is 0 Å². The van der Waals surface area contributed by atoms with Gasteiger partial charge in [-0.05, 0) is 32.1 Å². The maximum Gasteiger partial charge on any atom is 0.129 e. The van der Waals surface area contributed by atoms with E-state index < -0.39 is 0 Å². The Hall–Kier alpha value is -1.12. The highest BCUT2D eigenvalue weighted by Gasteiger charge is 2.00. The zero-order valence-electron chi connectivity index (χ0n) is 10.9. The molecule has 0 fully saturated rings. The molecular formula is C13H23N3. The molecule has 0 spiro atoms. The number of aromatic nitrogens is 2. The Morgan fingerprint density at radius 3 is 2.69 bits per heavy atom. The third kappa shape index (κ3) is 4.60. The minimum absolute atomic E-state index is 0.778. The van der Waals surface area contributed by atoms with Crippen LogP contribution in [0.1, 0.15) is 45.1 Å². The molecule has 0 atom stereocenters. The quantitative estimate of drug-likeness (QED) is 0.750. The normalized spacial score (nSPS) is 10.8. The van der Waals surface area contributed by atoms with Gasteiger partial charge in [0, 0.05) is 18.3 Å². The van der Waals surface area contributed by atoms with Crippen LogP contribution in [0.3, 0.4) is 0 Å². The average molecular weight is 221 g/mol. The van der Waals surface area contributed by atoms with Gasteiger partial charge >= 0.3 is 0 Å². The Labute approximate surface area is 98.7 Å². The highest BCUT2D eigenvalue weighted by atomic mass is 15.0. The van der Waals surface area contributed by atoms with Crippen LogP contribution >= 0.6 is 0 Å². The molecule has 0 unspecified atom stereocenters. The molecule has 1 heterocycles. The summed E-state index contributed by atoms with van der Waals surface area (Å²) < 4.78 is 0. The van der Waals surface area contributed by atoms with Gasteiger partial charge in [0.15, 0.2) is 0 Å². The predicted molar refractivity (Wildman–Crippen MR) is 68.7 cm³/mol. The van der Waals surface area contributed by atoms with Gasteiger partial charge in [0.05, 0.1) is 0 Å². The van der Waals surface area contributed by atoms with Gasteiger partial charge in [-0.1, -0.05) is 20.8 Å². The van der Waals surface area contributed by atoms with Gasteiger partial charge in [0.25, 0.3) is 0 Å². The Bertz CT molecular complexity index is 321. The Morgan fingerprint density at radius 1 is 1.31 bits per heavy atom. The van der Waals surface area contributed by atoms with Crippen LogP contribution in [0.25, 0.3) is 0 Å². The summed E-state index contributed by atoms with van der Waals surface area (Å²) in [7, 11) is 0. The first-order valence-corrected chi connectivity index (χ1v) is 6.20. The van der Waals surface area contributed by atoms with Crippen LogP contribution in [-0.4, -0.2) is 16.5 Å². The minimum Gasteiger partial charge on any atom is -0.370 e. The molecule has 1 aromatic rings. The summed E-state index contributed by atoms with van der Waals surface area (Å²) in [5.74, 6) is 2.60. The molecule has 90 valence electrons. The van der Waals surface area contributed by atoms with Crippen molar-refractivity contribution in [2.24, 2.45) is 5.92 Å². The molecule has 1 rings (SSSR count). The standard InChI is InChI=1S/C13H23N3/c1-5-12-9-13(16-11(4)15-12)14-8-6-7-10(2)3/h9-10H,5-8H2,1-4H3,(H,14,15,16). The van der Waals surface area contributed by atoms with Crippen LogP contribution in [0.5, 0.6) is 0 Å². The summed E-state index contributed by atoms with van der Waals surface area (Å²) in [6, 6.07) is 2.04. The van der Waals surface area contributed by atoms with Crippen molar-refractivity contribution in [3.8, 4) is 0 Å². The van der Waals surface area contributed by atoms with Gasteiger partial charge in [-0.15, -0.1) is 0 Å². The van der Waals surface area contributed by atoms with Crippen molar-refractivity contribution in [2.45, 2.75) is 47.0 Å². The molecule has 0 radical (unpaired) electrons. The average Bonchev–Trinajstić information content (AvgIpc) is 2.23. The molecule has 0 aliphatic rings. The lowest BCUT2D eigenvalue weighted by atomic mass is 10.1. The van der Waals surface area contributed by atoms with E-state index in [1.807, 2.05) is 13.0 Å². The highest BCUT2D eigenvalue weighted by molar-refractivity contribution is 5.35. The van der Waals surface area contributed by atoms with Crippen molar-refractivity contribution in [1.82, 2.24) is 9.97 Å². The van der Waals surface area contributed by atoms with E-state index in [1.54, 1.807) is 0 Å². The van der Waals surface area contributed by atoms with Gasteiger partial charge in [-0.3, -0.25) is 0 Å². The molecule has 0 bridgehead atoms. The van der Waals surface area contributed by atoms with Crippen LogP contribution in [0.4, 0.5) is 5.82 Å². The molecule has 0 saturated carbocycles. The van der Waals surface area contributed by atoms with Crippen LogP contribution in [0, 0.1) is 12.8 Å². The van der Waals surface area contributed by atoms with Crippen molar-refractivity contribution in [3.05, 3.63) is 17.6 Å². The number of hydrogen-bond donors (Lipinski definition) is 1. The van der Waals surface area contributed by atoms with Crippen molar-refractivity contribution in [1.29, 1.82) is 0 Å². The number of hydrogen-bond acceptors (Lipinski definition) is 3. The molecule has 1 aromatic heterocycles. The Morgan fingerprint density at radius 2 is 2.06 bits per heavy atom. The van der Waals surface area contributed by atoms with Crippen LogP contribution < -0.4 is 5.32 Å². The van der Waals surface area contributed by atoms with E-state index >= 15 is 0 Å². The largest absolute Gasteiger partial charge is 0.370 e. The van der Waals surface area contributed by atoms with Gasteiger partial charge in [-0.25, -0.2) is 9.97 Å². The summed E-state index contributed by atoms with van der Waals surface area (Å²) in [4.78, 5) is 8.73. The second-order valence-corrected chi connectivity index (χ2v) is 4.61. The van der Waals surface area contributed by atoms with Gasteiger partial charge < -0.3 is 5.32 Å². The van der Waals surface area contributed by atoms with Gasteiger partial charge in [0.2, 0.25) is 0 Å². The molecule has 16 heavy (non-hydrogen) atoms. The first-order chi connectivity index (χ1) is 7.61. The molecule has 0 saturated heterocycles. The van der Waals surface area contributed by atoms with Crippen LogP contribution in [0.2, 0.25) is 0 Å². The molecule has 0 aliphatic carbocycles. The van der Waals surface area contributed by atoms with Crippen molar-refractivity contribution in [3.63, 3.8) is 0 Å². The number of nitrogens with zero attached hydrogens (tertiary/aromatic N) is 2. The number of anilines is 1. The van der Waals surface area contributed by atoms with E-state index in [4.69, 9.17) is 0 Å². The molecule has 1 N–H and O–H groups in total. The molecular weight excluding hydrogens is 198 g/mol. The fraction of sp³-hybridized carbons (Fsp3) is 0.692. The highest BCUT2D eigenvalue weighted by Crippen LogP contribution is 2.08. The number of aryl methyl sites for hydroxylation is 2. The summed E-state index contributed by atoms with van der Waals surface area (Å²) in [6.45, 7) is 9.56. The van der Waals surface area contributed by atoms with E-state index in [0.29, 0.717) is 0 Å².